The van der Waals surface area contributed by atoms with Crippen LogP contribution in [-0.2, 0) is 16.6 Å². The lowest BCUT2D eigenvalue weighted by atomic mass is 9.86. The molecule has 0 bridgehead atoms. The normalized spacial score (nSPS) is 16.9. The number of rotatable bonds is 11. The van der Waals surface area contributed by atoms with Crippen LogP contribution < -0.4 is 14.8 Å². The average molecular weight is 520 g/mol. The maximum Gasteiger partial charge on any atom is 0.220 e. The van der Waals surface area contributed by atoms with E-state index in [1.807, 2.05) is 13.1 Å². The Morgan fingerprint density at radius 1 is 0.974 bits per heavy atom. The zero-order valence-corrected chi connectivity index (χ0v) is 23.7. The third kappa shape index (κ3) is 8.07. The molecule has 2 aromatic carbocycles. The Labute approximate surface area is 228 Å². The number of fused-ring (bicyclic) bond motifs is 1. The van der Waals surface area contributed by atoms with Crippen LogP contribution in [0.25, 0.3) is 0 Å². The fraction of sp³-hybridized carbons (Fsp3) is 0.562. The Bertz CT molecular complexity index is 1080. The highest BCUT2D eigenvalue weighted by Crippen LogP contribution is 2.31. The quantitative estimate of drug-likeness (QED) is 0.312. The van der Waals surface area contributed by atoms with E-state index in [-0.39, 0.29) is 17.4 Å². The molecule has 2 aliphatic heterocycles. The predicted molar refractivity (Wildman–Crippen MR) is 155 cm³/mol. The number of hydrogen-bond acceptors (Lipinski definition) is 5. The van der Waals surface area contributed by atoms with Gasteiger partial charge in [0.1, 0.15) is 13.2 Å². The van der Waals surface area contributed by atoms with Gasteiger partial charge < -0.3 is 19.7 Å². The summed E-state index contributed by atoms with van der Waals surface area (Å²) in [5.41, 5.74) is 4.92. The maximum absolute atomic E-state index is 13.0. The Balaban J connectivity index is 1.27. The third-order valence-corrected chi connectivity index (χ3v) is 7.55. The minimum atomic E-state index is 0.0808. The highest BCUT2D eigenvalue weighted by Gasteiger charge is 2.21. The van der Waals surface area contributed by atoms with Crippen LogP contribution in [0, 0.1) is 0 Å². The molecular weight excluding hydrogens is 474 g/mol. The molecule has 0 spiro atoms. The van der Waals surface area contributed by atoms with Crippen LogP contribution in [0.4, 0.5) is 0 Å². The first-order valence-electron chi connectivity index (χ1n) is 14.3. The summed E-state index contributed by atoms with van der Waals surface area (Å²) in [5, 5.41) is 3.34. The van der Waals surface area contributed by atoms with E-state index >= 15 is 0 Å². The van der Waals surface area contributed by atoms with Crippen LogP contribution in [-0.4, -0.2) is 62.5 Å². The standard InChI is InChI=1S/C32H45N3O3/c1-32(2,3)26-14-12-25(13-15-26)28(33-4)9-5-6-10-31(36)34-27(23-35-17-7-8-18-35)21-24-11-16-29-30(22-24)38-20-19-37-29/h11-16,22,27H,5-10,17-21,23H2,1-4H3,(H,34,36)/t27-/m0/s1. The summed E-state index contributed by atoms with van der Waals surface area (Å²) < 4.78 is 11.4. The third-order valence-electron chi connectivity index (χ3n) is 7.55. The number of nitrogens with zero attached hydrogens (tertiary/aromatic N) is 2. The van der Waals surface area contributed by atoms with Gasteiger partial charge in [0, 0.05) is 31.8 Å². The first-order valence-corrected chi connectivity index (χ1v) is 14.3. The molecule has 206 valence electrons. The van der Waals surface area contributed by atoms with Crippen molar-refractivity contribution in [2.24, 2.45) is 4.99 Å². The second kappa shape index (κ2) is 13.3. The molecule has 4 rings (SSSR count). The van der Waals surface area contributed by atoms with E-state index in [2.05, 4.69) is 72.4 Å². The molecule has 0 unspecified atom stereocenters. The summed E-state index contributed by atoms with van der Waals surface area (Å²) >= 11 is 0. The number of ether oxygens (including phenoxy) is 2. The van der Waals surface area contributed by atoms with Crippen molar-refractivity contribution < 1.29 is 14.3 Å². The Hall–Kier alpha value is -2.86. The van der Waals surface area contributed by atoms with Crippen LogP contribution in [0.5, 0.6) is 11.5 Å². The van der Waals surface area contributed by atoms with E-state index < -0.39 is 0 Å². The highest BCUT2D eigenvalue weighted by molar-refractivity contribution is 6.00. The Morgan fingerprint density at radius 2 is 1.66 bits per heavy atom. The van der Waals surface area contributed by atoms with Gasteiger partial charge in [-0.25, -0.2) is 0 Å². The molecule has 0 aromatic heterocycles. The molecule has 2 aliphatic rings. The molecule has 6 nitrogen and oxygen atoms in total. The van der Waals surface area contributed by atoms with Crippen LogP contribution >= 0.6 is 0 Å². The summed E-state index contributed by atoms with van der Waals surface area (Å²) in [5.74, 6) is 1.75. The van der Waals surface area contributed by atoms with E-state index in [1.54, 1.807) is 0 Å². The van der Waals surface area contributed by atoms with E-state index in [9.17, 15) is 4.79 Å². The maximum atomic E-state index is 13.0. The van der Waals surface area contributed by atoms with Crippen molar-refractivity contribution in [3.05, 3.63) is 59.2 Å². The van der Waals surface area contributed by atoms with Crippen molar-refractivity contribution in [1.82, 2.24) is 10.2 Å². The second-order valence-electron chi connectivity index (χ2n) is 11.7. The largest absolute Gasteiger partial charge is 0.486 e. The number of carbonyl (C=O) groups excluding carboxylic acids is 1. The fourth-order valence-electron chi connectivity index (χ4n) is 5.36. The first-order chi connectivity index (χ1) is 18.3. The highest BCUT2D eigenvalue weighted by atomic mass is 16.6. The van der Waals surface area contributed by atoms with E-state index in [0.717, 1.165) is 62.5 Å². The molecule has 38 heavy (non-hydrogen) atoms. The molecule has 0 saturated carbocycles. The van der Waals surface area contributed by atoms with Crippen molar-refractivity contribution in [2.75, 3.05) is 39.9 Å². The molecule has 1 N–H and O–H groups in total. The van der Waals surface area contributed by atoms with E-state index in [1.165, 1.54) is 29.5 Å². The summed E-state index contributed by atoms with van der Waals surface area (Å²) in [7, 11) is 1.86. The minimum Gasteiger partial charge on any atom is -0.486 e. The molecule has 1 atom stereocenters. The van der Waals surface area contributed by atoms with Crippen molar-refractivity contribution in [3.8, 4) is 11.5 Å². The Kier molecular flexibility index (Phi) is 9.84. The van der Waals surface area contributed by atoms with Gasteiger partial charge in [-0.1, -0.05) is 51.1 Å². The lowest BCUT2D eigenvalue weighted by molar-refractivity contribution is -0.122. The second-order valence-corrected chi connectivity index (χ2v) is 11.7. The molecule has 2 heterocycles. The minimum absolute atomic E-state index is 0.0808. The topological polar surface area (TPSA) is 63.2 Å². The van der Waals surface area contributed by atoms with Gasteiger partial charge in [-0.15, -0.1) is 0 Å². The predicted octanol–water partition coefficient (Wildman–Crippen LogP) is 5.56. The van der Waals surface area contributed by atoms with Crippen molar-refractivity contribution >= 4 is 11.6 Å². The molecule has 1 saturated heterocycles. The number of aliphatic imine (C=N–C) groups is 1. The lowest BCUT2D eigenvalue weighted by Crippen LogP contribution is -2.44. The summed E-state index contributed by atoms with van der Waals surface area (Å²) in [6.45, 7) is 11.0. The zero-order chi connectivity index (χ0) is 27.0. The number of benzene rings is 2. The van der Waals surface area contributed by atoms with Crippen molar-refractivity contribution in [1.29, 1.82) is 0 Å². The number of amides is 1. The molecule has 0 aliphatic carbocycles. The van der Waals surface area contributed by atoms with Gasteiger partial charge in [0.05, 0.1) is 0 Å². The molecular formula is C32H45N3O3. The van der Waals surface area contributed by atoms with Crippen LogP contribution in [0.15, 0.2) is 47.5 Å². The molecule has 1 fully saturated rings. The Morgan fingerprint density at radius 3 is 2.34 bits per heavy atom. The van der Waals surface area contributed by atoms with Gasteiger partial charge >= 0.3 is 0 Å². The molecule has 6 heteroatoms. The van der Waals surface area contributed by atoms with Gasteiger partial charge in [0.2, 0.25) is 5.91 Å². The number of unbranched alkanes of at least 4 members (excludes halogenated alkanes) is 1. The van der Waals surface area contributed by atoms with Gasteiger partial charge in [-0.2, -0.15) is 0 Å². The summed E-state index contributed by atoms with van der Waals surface area (Å²) in [6, 6.07) is 15.0. The average Bonchev–Trinajstić information content (AvgIpc) is 3.41. The van der Waals surface area contributed by atoms with Gasteiger partial charge in [0.25, 0.3) is 0 Å². The number of likely N-dealkylation sites (tertiary alicyclic amines) is 1. The number of carbonyl (C=O) groups is 1. The SMILES string of the molecule is CN=C(CCCCC(=O)N[C@@H](Cc1ccc2c(c1)OCCO2)CN1CCCC1)c1ccc(C(C)(C)C)cc1. The van der Waals surface area contributed by atoms with Crippen molar-refractivity contribution in [3.63, 3.8) is 0 Å². The van der Waals surface area contributed by atoms with Crippen LogP contribution in [0.2, 0.25) is 0 Å². The number of hydrogen-bond donors (Lipinski definition) is 1. The lowest BCUT2D eigenvalue weighted by Gasteiger charge is -2.25. The van der Waals surface area contributed by atoms with Gasteiger partial charge in [-0.3, -0.25) is 9.79 Å². The summed E-state index contributed by atoms with van der Waals surface area (Å²) in [6.07, 6.45) is 6.49. The van der Waals surface area contributed by atoms with Gasteiger partial charge in [0.15, 0.2) is 11.5 Å². The van der Waals surface area contributed by atoms with Crippen molar-refractivity contribution in [2.45, 2.75) is 77.2 Å². The molecule has 2 aromatic rings. The monoisotopic (exact) mass is 519 g/mol. The first kappa shape index (κ1) is 28.2. The molecule has 0 radical (unpaired) electrons. The fourth-order valence-corrected chi connectivity index (χ4v) is 5.36. The molecule has 1 amide bonds. The van der Waals surface area contributed by atoms with E-state index in [4.69, 9.17) is 9.47 Å². The summed E-state index contributed by atoms with van der Waals surface area (Å²) in [4.78, 5) is 20.0. The smallest absolute Gasteiger partial charge is 0.220 e. The van der Waals surface area contributed by atoms with Gasteiger partial charge in [-0.05, 0) is 85.9 Å². The van der Waals surface area contributed by atoms with Crippen LogP contribution in [0.3, 0.4) is 0 Å². The number of nitrogens with one attached hydrogen (secondary N) is 1. The van der Waals surface area contributed by atoms with E-state index in [0.29, 0.717) is 19.6 Å². The van der Waals surface area contributed by atoms with Crippen LogP contribution in [0.1, 0.15) is 76.0 Å². The zero-order valence-electron chi connectivity index (χ0n) is 23.7.